The predicted molar refractivity (Wildman–Crippen MR) is 110 cm³/mol. The molecule has 3 aromatic rings. The van der Waals surface area contributed by atoms with E-state index in [4.69, 9.17) is 4.74 Å². The third-order valence-corrected chi connectivity index (χ3v) is 4.91. The van der Waals surface area contributed by atoms with Crippen molar-refractivity contribution in [3.05, 3.63) is 74.9 Å². The molecule has 0 atom stereocenters. The molecule has 1 amide bonds. The summed E-state index contributed by atoms with van der Waals surface area (Å²) in [5.41, 5.74) is 1.07. The number of nitrogens with one attached hydrogen (secondary N) is 2. The Morgan fingerprint density at radius 2 is 1.86 bits per heavy atom. The van der Waals surface area contributed by atoms with Crippen LogP contribution in [-0.2, 0) is 22.6 Å². The van der Waals surface area contributed by atoms with Crippen LogP contribution in [0, 0.1) is 0 Å². The zero-order valence-corrected chi connectivity index (χ0v) is 15.9. The van der Waals surface area contributed by atoms with E-state index in [0.29, 0.717) is 16.6 Å². The maximum atomic E-state index is 12.6. The van der Waals surface area contributed by atoms with Crippen molar-refractivity contribution in [3.63, 3.8) is 0 Å². The van der Waals surface area contributed by atoms with Crippen LogP contribution in [0.5, 0.6) is 0 Å². The number of anilines is 1. The smallest absolute Gasteiger partial charge is 0.329 e. The number of H-pyrrole nitrogens is 1. The normalized spacial score (nSPS) is 14.8. The number of hydrogen-bond acceptors (Lipinski definition) is 5. The lowest BCUT2D eigenvalue weighted by Crippen LogP contribution is -2.38. The minimum atomic E-state index is -0.607. The molecule has 1 saturated heterocycles. The van der Waals surface area contributed by atoms with E-state index in [1.165, 1.54) is 0 Å². The Kier molecular flexibility index (Phi) is 5.55. The van der Waals surface area contributed by atoms with E-state index in [9.17, 15) is 14.4 Å². The lowest BCUT2D eigenvalue weighted by atomic mass is 10.2. The van der Waals surface area contributed by atoms with Gasteiger partial charge in [-0.25, -0.2) is 4.79 Å². The summed E-state index contributed by atoms with van der Waals surface area (Å²) in [6.45, 7) is 3.63. The van der Waals surface area contributed by atoms with Gasteiger partial charge in [0.2, 0.25) is 5.91 Å². The minimum absolute atomic E-state index is 0.354. The Morgan fingerprint density at radius 1 is 1.07 bits per heavy atom. The number of ether oxygens (including phenoxy) is 1. The Balaban J connectivity index is 1.48. The van der Waals surface area contributed by atoms with Crippen LogP contribution in [0.4, 0.5) is 5.69 Å². The molecular weight excluding hydrogens is 372 g/mol. The van der Waals surface area contributed by atoms with Gasteiger partial charge >= 0.3 is 5.69 Å². The van der Waals surface area contributed by atoms with E-state index in [1.807, 2.05) is 18.2 Å². The summed E-state index contributed by atoms with van der Waals surface area (Å²) < 4.78 is 6.27. The third-order valence-electron chi connectivity index (χ3n) is 4.91. The van der Waals surface area contributed by atoms with Gasteiger partial charge in [0.05, 0.1) is 24.1 Å². The number of morpholine rings is 1. The maximum absolute atomic E-state index is 12.6. The van der Waals surface area contributed by atoms with Crippen LogP contribution in [-0.4, -0.2) is 46.7 Å². The van der Waals surface area contributed by atoms with Crippen molar-refractivity contribution in [1.82, 2.24) is 14.5 Å². The second kappa shape index (κ2) is 8.42. The third kappa shape index (κ3) is 4.44. The first-order chi connectivity index (χ1) is 14.1. The molecule has 0 unspecified atom stereocenters. The molecule has 29 heavy (non-hydrogen) atoms. The van der Waals surface area contributed by atoms with Gasteiger partial charge in [-0.2, -0.15) is 0 Å². The lowest BCUT2D eigenvalue weighted by molar-refractivity contribution is -0.116. The quantitative estimate of drug-likeness (QED) is 0.677. The second-order valence-corrected chi connectivity index (χ2v) is 7.00. The van der Waals surface area contributed by atoms with Gasteiger partial charge in [0, 0.05) is 25.3 Å². The number of rotatable bonds is 5. The topological polar surface area (TPSA) is 96.4 Å². The van der Waals surface area contributed by atoms with Gasteiger partial charge in [0.1, 0.15) is 6.54 Å². The highest BCUT2D eigenvalue weighted by Gasteiger charge is 2.13. The van der Waals surface area contributed by atoms with Crippen LogP contribution < -0.4 is 16.6 Å². The zero-order valence-electron chi connectivity index (χ0n) is 15.9. The Hall–Kier alpha value is -3.23. The number of benzene rings is 2. The highest BCUT2D eigenvalue weighted by atomic mass is 16.5. The Labute approximate surface area is 166 Å². The molecule has 2 aromatic carbocycles. The molecular formula is C21H22N4O4. The summed E-state index contributed by atoms with van der Waals surface area (Å²) >= 11 is 0. The standard InChI is InChI=1S/C21H22N4O4/c26-19(14-25-20(27)17-6-1-2-7-18(17)23-21(25)28)22-16-5-3-4-15(12-16)13-24-8-10-29-11-9-24/h1-7,12H,8-11,13-14H2,(H,22,26)(H,23,28). The van der Waals surface area contributed by atoms with E-state index >= 15 is 0 Å². The highest BCUT2D eigenvalue weighted by molar-refractivity contribution is 5.90. The second-order valence-electron chi connectivity index (χ2n) is 7.00. The summed E-state index contributed by atoms with van der Waals surface area (Å²) in [6.07, 6.45) is 0. The van der Waals surface area contributed by atoms with Crippen molar-refractivity contribution in [2.75, 3.05) is 31.6 Å². The predicted octanol–water partition coefficient (Wildman–Crippen LogP) is 1.16. The zero-order chi connectivity index (χ0) is 20.2. The number of aromatic nitrogens is 2. The van der Waals surface area contributed by atoms with Gasteiger partial charge in [-0.05, 0) is 29.8 Å². The number of amides is 1. The number of nitrogens with zero attached hydrogens (tertiary/aromatic N) is 2. The molecule has 1 aromatic heterocycles. The summed E-state index contributed by atoms with van der Waals surface area (Å²) in [6, 6.07) is 14.3. The number of fused-ring (bicyclic) bond motifs is 1. The highest BCUT2D eigenvalue weighted by Crippen LogP contribution is 2.14. The summed E-state index contributed by atoms with van der Waals surface area (Å²) in [5.74, 6) is -0.434. The van der Waals surface area contributed by atoms with Crippen LogP contribution in [0.25, 0.3) is 10.9 Å². The van der Waals surface area contributed by atoms with Crippen molar-refractivity contribution in [3.8, 4) is 0 Å². The SMILES string of the molecule is O=C(Cn1c(=O)[nH]c2ccccc2c1=O)Nc1cccc(CN2CCOCC2)c1. The monoisotopic (exact) mass is 394 g/mol. The van der Waals surface area contributed by atoms with E-state index in [0.717, 1.165) is 43.0 Å². The first kappa shape index (κ1) is 19.1. The van der Waals surface area contributed by atoms with Crippen LogP contribution in [0.2, 0.25) is 0 Å². The van der Waals surface area contributed by atoms with Gasteiger partial charge in [0.25, 0.3) is 5.56 Å². The molecule has 1 aliphatic heterocycles. The number of carbonyl (C=O) groups excluding carboxylic acids is 1. The summed E-state index contributed by atoms with van der Waals surface area (Å²) in [5, 5.41) is 3.14. The van der Waals surface area contributed by atoms with Gasteiger partial charge in [-0.1, -0.05) is 24.3 Å². The fourth-order valence-corrected chi connectivity index (χ4v) is 3.45. The molecule has 0 saturated carbocycles. The average Bonchev–Trinajstić information content (AvgIpc) is 2.72. The fourth-order valence-electron chi connectivity index (χ4n) is 3.45. The summed E-state index contributed by atoms with van der Waals surface area (Å²) in [7, 11) is 0. The van der Waals surface area contributed by atoms with E-state index < -0.39 is 17.2 Å². The van der Waals surface area contributed by atoms with Crippen molar-refractivity contribution in [2.45, 2.75) is 13.1 Å². The molecule has 8 nitrogen and oxygen atoms in total. The molecule has 4 rings (SSSR count). The van der Waals surface area contributed by atoms with Crippen LogP contribution >= 0.6 is 0 Å². The molecule has 150 valence electrons. The molecule has 1 aliphatic rings. The van der Waals surface area contributed by atoms with Crippen LogP contribution in [0.1, 0.15) is 5.56 Å². The minimum Gasteiger partial charge on any atom is -0.379 e. The first-order valence-electron chi connectivity index (χ1n) is 9.51. The van der Waals surface area contributed by atoms with Crippen LogP contribution in [0.15, 0.2) is 58.1 Å². The molecule has 1 fully saturated rings. The van der Waals surface area contributed by atoms with Gasteiger partial charge in [-0.3, -0.25) is 19.1 Å². The van der Waals surface area contributed by atoms with Gasteiger partial charge in [0.15, 0.2) is 0 Å². The number of hydrogen-bond donors (Lipinski definition) is 2. The van der Waals surface area contributed by atoms with E-state index in [-0.39, 0.29) is 6.54 Å². The molecule has 2 N–H and O–H groups in total. The average molecular weight is 394 g/mol. The van der Waals surface area contributed by atoms with Crippen molar-refractivity contribution in [1.29, 1.82) is 0 Å². The molecule has 0 radical (unpaired) electrons. The first-order valence-corrected chi connectivity index (χ1v) is 9.51. The number of aromatic amines is 1. The van der Waals surface area contributed by atoms with E-state index in [2.05, 4.69) is 15.2 Å². The Bertz CT molecular complexity index is 1150. The maximum Gasteiger partial charge on any atom is 0.329 e. The summed E-state index contributed by atoms with van der Waals surface area (Å²) in [4.78, 5) is 42.2. The lowest BCUT2D eigenvalue weighted by Gasteiger charge is -2.26. The molecule has 0 bridgehead atoms. The number of para-hydroxylation sites is 1. The number of carbonyl (C=O) groups is 1. The van der Waals surface area contributed by atoms with Crippen molar-refractivity contribution >= 4 is 22.5 Å². The van der Waals surface area contributed by atoms with Gasteiger partial charge in [-0.15, -0.1) is 0 Å². The largest absolute Gasteiger partial charge is 0.379 e. The van der Waals surface area contributed by atoms with E-state index in [1.54, 1.807) is 30.3 Å². The molecule has 8 heteroatoms. The van der Waals surface area contributed by atoms with Gasteiger partial charge < -0.3 is 15.0 Å². The Morgan fingerprint density at radius 3 is 2.69 bits per heavy atom. The van der Waals surface area contributed by atoms with Crippen molar-refractivity contribution < 1.29 is 9.53 Å². The molecule has 0 spiro atoms. The molecule has 2 heterocycles. The van der Waals surface area contributed by atoms with Crippen LogP contribution in [0.3, 0.4) is 0 Å². The van der Waals surface area contributed by atoms with Crippen molar-refractivity contribution in [2.24, 2.45) is 0 Å². The fraction of sp³-hybridized carbons (Fsp3) is 0.286. The molecule has 0 aliphatic carbocycles.